The van der Waals surface area contributed by atoms with Crippen LogP contribution >= 0.6 is 0 Å². The molecule has 0 saturated carbocycles. The number of piperazine rings is 1. The van der Waals surface area contributed by atoms with Crippen molar-refractivity contribution >= 4 is 5.91 Å². The van der Waals surface area contributed by atoms with Crippen LogP contribution in [0.4, 0.5) is 0 Å². The number of hydrogen-bond acceptors (Lipinski definition) is 6. The molecular formula is C17H24N6O2. The van der Waals surface area contributed by atoms with E-state index in [9.17, 15) is 4.79 Å². The van der Waals surface area contributed by atoms with Crippen molar-refractivity contribution in [3.05, 3.63) is 29.2 Å². The standard InChI is InChI=1S/C17H24N6O2/c1-13-11-14(20-25-13)17(24)22-9-7-21(8-10-22)12-16-19-18-15-5-3-2-4-6-23(15)16/h11H,2-10,12H2,1H3. The van der Waals surface area contributed by atoms with E-state index in [0.29, 0.717) is 24.5 Å². The molecule has 4 rings (SSSR count). The van der Waals surface area contributed by atoms with Gasteiger partial charge in [0, 0.05) is 45.2 Å². The summed E-state index contributed by atoms with van der Waals surface area (Å²) in [5.74, 6) is 2.80. The molecule has 0 aromatic carbocycles. The van der Waals surface area contributed by atoms with Crippen molar-refractivity contribution < 1.29 is 9.32 Å². The highest BCUT2D eigenvalue weighted by atomic mass is 16.5. The lowest BCUT2D eigenvalue weighted by molar-refractivity contribution is 0.0614. The second kappa shape index (κ2) is 6.95. The zero-order valence-electron chi connectivity index (χ0n) is 14.6. The van der Waals surface area contributed by atoms with Crippen molar-refractivity contribution in [2.75, 3.05) is 26.2 Å². The third kappa shape index (κ3) is 3.44. The minimum absolute atomic E-state index is 0.0483. The van der Waals surface area contributed by atoms with Crippen molar-refractivity contribution in [2.45, 2.75) is 45.7 Å². The first kappa shape index (κ1) is 16.3. The second-order valence-corrected chi connectivity index (χ2v) is 6.89. The van der Waals surface area contributed by atoms with Crippen molar-refractivity contribution in [3.8, 4) is 0 Å². The zero-order valence-corrected chi connectivity index (χ0v) is 14.6. The first-order chi connectivity index (χ1) is 12.2. The van der Waals surface area contributed by atoms with Gasteiger partial charge in [0.05, 0.1) is 6.54 Å². The first-order valence-electron chi connectivity index (χ1n) is 9.06. The molecule has 8 nitrogen and oxygen atoms in total. The zero-order chi connectivity index (χ0) is 17.2. The van der Waals surface area contributed by atoms with Gasteiger partial charge in [-0.2, -0.15) is 0 Å². The maximum atomic E-state index is 12.4. The number of aryl methyl sites for hydroxylation is 2. The largest absolute Gasteiger partial charge is 0.361 e. The molecule has 1 fully saturated rings. The Morgan fingerprint density at radius 1 is 1.12 bits per heavy atom. The quantitative estimate of drug-likeness (QED) is 0.834. The topological polar surface area (TPSA) is 80.3 Å². The van der Waals surface area contributed by atoms with Crippen molar-refractivity contribution in [1.29, 1.82) is 0 Å². The van der Waals surface area contributed by atoms with Crippen molar-refractivity contribution in [1.82, 2.24) is 29.7 Å². The molecule has 0 bridgehead atoms. The number of carbonyl (C=O) groups excluding carboxylic acids is 1. The molecule has 0 N–H and O–H groups in total. The fourth-order valence-electron chi connectivity index (χ4n) is 3.60. The second-order valence-electron chi connectivity index (χ2n) is 6.89. The molecule has 2 aliphatic heterocycles. The lowest BCUT2D eigenvalue weighted by Gasteiger charge is -2.34. The molecule has 0 aliphatic carbocycles. The van der Waals surface area contributed by atoms with Crippen LogP contribution < -0.4 is 0 Å². The van der Waals surface area contributed by atoms with Gasteiger partial charge in [0.25, 0.3) is 5.91 Å². The van der Waals surface area contributed by atoms with Crippen LogP contribution in [0.1, 0.15) is 47.2 Å². The Hall–Kier alpha value is -2.22. The minimum Gasteiger partial charge on any atom is -0.361 e. The molecule has 0 atom stereocenters. The number of amides is 1. The van der Waals surface area contributed by atoms with Gasteiger partial charge in [-0.05, 0) is 19.8 Å². The molecule has 1 saturated heterocycles. The fraction of sp³-hybridized carbons (Fsp3) is 0.647. The number of rotatable bonds is 3. The van der Waals surface area contributed by atoms with Crippen LogP contribution in [-0.2, 0) is 19.5 Å². The molecule has 0 radical (unpaired) electrons. The predicted octanol–water partition coefficient (Wildman–Crippen LogP) is 1.26. The summed E-state index contributed by atoms with van der Waals surface area (Å²) >= 11 is 0. The molecular weight excluding hydrogens is 320 g/mol. The van der Waals surface area contributed by atoms with E-state index in [4.69, 9.17) is 4.52 Å². The van der Waals surface area contributed by atoms with Gasteiger partial charge in [-0.15, -0.1) is 10.2 Å². The van der Waals surface area contributed by atoms with E-state index in [1.807, 2.05) is 4.90 Å². The molecule has 8 heteroatoms. The third-order valence-corrected chi connectivity index (χ3v) is 5.06. The summed E-state index contributed by atoms with van der Waals surface area (Å²) in [6.07, 6.45) is 4.72. The van der Waals surface area contributed by atoms with Crippen molar-refractivity contribution in [2.24, 2.45) is 0 Å². The number of fused-ring (bicyclic) bond motifs is 1. The van der Waals surface area contributed by atoms with Gasteiger partial charge in [0.1, 0.15) is 17.4 Å². The maximum Gasteiger partial charge on any atom is 0.276 e. The lowest BCUT2D eigenvalue weighted by atomic mass is 10.2. The normalized spacial score (nSPS) is 18.8. The monoisotopic (exact) mass is 344 g/mol. The summed E-state index contributed by atoms with van der Waals surface area (Å²) < 4.78 is 7.30. The Morgan fingerprint density at radius 2 is 1.96 bits per heavy atom. The molecule has 4 heterocycles. The van der Waals surface area contributed by atoms with Gasteiger partial charge in [0.15, 0.2) is 5.69 Å². The van der Waals surface area contributed by atoms with Gasteiger partial charge in [-0.3, -0.25) is 9.69 Å². The van der Waals surface area contributed by atoms with E-state index < -0.39 is 0 Å². The van der Waals surface area contributed by atoms with E-state index >= 15 is 0 Å². The number of aromatic nitrogens is 4. The molecule has 0 unspecified atom stereocenters. The molecule has 2 aromatic heterocycles. The summed E-state index contributed by atoms with van der Waals surface area (Å²) in [5.41, 5.74) is 0.397. The van der Waals surface area contributed by atoms with E-state index in [-0.39, 0.29) is 5.91 Å². The number of hydrogen-bond donors (Lipinski definition) is 0. The maximum absolute atomic E-state index is 12.4. The molecule has 134 valence electrons. The Balaban J connectivity index is 1.35. The fourth-order valence-corrected chi connectivity index (χ4v) is 3.60. The highest BCUT2D eigenvalue weighted by molar-refractivity contribution is 5.92. The Kier molecular flexibility index (Phi) is 4.52. The Bertz CT molecular complexity index is 744. The van der Waals surface area contributed by atoms with Crippen LogP contribution in [0.2, 0.25) is 0 Å². The molecule has 1 amide bonds. The Labute approximate surface area is 146 Å². The van der Waals surface area contributed by atoms with Crippen LogP contribution in [0.15, 0.2) is 10.6 Å². The van der Waals surface area contributed by atoms with E-state index in [1.54, 1.807) is 13.0 Å². The summed E-state index contributed by atoms with van der Waals surface area (Å²) in [4.78, 5) is 16.6. The van der Waals surface area contributed by atoms with Gasteiger partial charge in [0.2, 0.25) is 0 Å². The average molecular weight is 344 g/mol. The van der Waals surface area contributed by atoms with Gasteiger partial charge in [-0.1, -0.05) is 11.6 Å². The van der Waals surface area contributed by atoms with Crippen LogP contribution in [0.5, 0.6) is 0 Å². The van der Waals surface area contributed by atoms with E-state index in [2.05, 4.69) is 24.8 Å². The summed E-state index contributed by atoms with van der Waals surface area (Å²) in [7, 11) is 0. The van der Waals surface area contributed by atoms with Crippen LogP contribution in [-0.4, -0.2) is 61.8 Å². The third-order valence-electron chi connectivity index (χ3n) is 5.06. The highest BCUT2D eigenvalue weighted by Crippen LogP contribution is 2.16. The lowest BCUT2D eigenvalue weighted by Crippen LogP contribution is -2.48. The summed E-state index contributed by atoms with van der Waals surface area (Å²) in [5, 5.41) is 12.6. The molecule has 25 heavy (non-hydrogen) atoms. The molecule has 2 aliphatic rings. The molecule has 0 spiro atoms. The van der Waals surface area contributed by atoms with E-state index in [1.165, 1.54) is 19.3 Å². The first-order valence-corrected chi connectivity index (χ1v) is 9.06. The predicted molar refractivity (Wildman–Crippen MR) is 90.0 cm³/mol. The van der Waals surface area contributed by atoms with Gasteiger partial charge < -0.3 is 14.0 Å². The van der Waals surface area contributed by atoms with Gasteiger partial charge in [-0.25, -0.2) is 0 Å². The van der Waals surface area contributed by atoms with Gasteiger partial charge >= 0.3 is 0 Å². The summed E-state index contributed by atoms with van der Waals surface area (Å²) in [6.45, 7) is 6.70. The summed E-state index contributed by atoms with van der Waals surface area (Å²) in [6, 6.07) is 1.69. The number of carbonyl (C=O) groups is 1. The highest BCUT2D eigenvalue weighted by Gasteiger charge is 2.25. The smallest absolute Gasteiger partial charge is 0.276 e. The van der Waals surface area contributed by atoms with Crippen LogP contribution in [0.25, 0.3) is 0 Å². The molecule has 2 aromatic rings. The minimum atomic E-state index is -0.0483. The average Bonchev–Trinajstić information content (AvgIpc) is 3.14. The SMILES string of the molecule is Cc1cc(C(=O)N2CCN(Cc3nnc4n3CCCCC4)CC2)no1. The van der Waals surface area contributed by atoms with Crippen molar-refractivity contribution in [3.63, 3.8) is 0 Å². The van der Waals surface area contributed by atoms with Crippen LogP contribution in [0.3, 0.4) is 0 Å². The van der Waals surface area contributed by atoms with E-state index in [0.717, 1.165) is 44.2 Å². The Morgan fingerprint density at radius 3 is 2.72 bits per heavy atom. The van der Waals surface area contributed by atoms with Crippen LogP contribution in [0, 0.1) is 6.92 Å². The number of nitrogens with zero attached hydrogens (tertiary/aromatic N) is 6.